The van der Waals surface area contributed by atoms with Crippen LogP contribution < -0.4 is 16.6 Å². The highest BCUT2D eigenvalue weighted by Crippen LogP contribution is 2.37. The van der Waals surface area contributed by atoms with Gasteiger partial charge in [-0.2, -0.15) is 0 Å². The molecular weight excluding hydrogens is 228 g/mol. The molecule has 0 saturated heterocycles. The lowest BCUT2D eigenvalue weighted by molar-refractivity contribution is 0.504. The topological polar surface area (TPSA) is 83.8 Å². The first-order valence-corrected chi connectivity index (χ1v) is 6.83. The molecule has 2 unspecified atom stereocenters. The van der Waals surface area contributed by atoms with Crippen LogP contribution in [0.15, 0.2) is 10.9 Å². The molecule has 2 saturated carbocycles. The maximum absolute atomic E-state index is 11.5. The summed E-state index contributed by atoms with van der Waals surface area (Å²) in [7, 11) is 0. The van der Waals surface area contributed by atoms with Crippen molar-refractivity contribution in [1.82, 2.24) is 9.97 Å². The second-order valence-corrected chi connectivity index (χ2v) is 5.53. The van der Waals surface area contributed by atoms with Gasteiger partial charge >= 0.3 is 0 Å². The summed E-state index contributed by atoms with van der Waals surface area (Å²) in [4.78, 5) is 18.8. The number of anilines is 1. The van der Waals surface area contributed by atoms with Crippen molar-refractivity contribution in [3.63, 3.8) is 0 Å². The van der Waals surface area contributed by atoms with Gasteiger partial charge in [0.25, 0.3) is 5.56 Å². The quantitative estimate of drug-likeness (QED) is 0.747. The van der Waals surface area contributed by atoms with E-state index in [2.05, 4.69) is 15.3 Å². The van der Waals surface area contributed by atoms with Crippen LogP contribution in [0.2, 0.25) is 0 Å². The Morgan fingerprint density at radius 3 is 2.89 bits per heavy atom. The molecular formula is C13H20N4O. The fourth-order valence-corrected chi connectivity index (χ4v) is 2.67. The Morgan fingerprint density at radius 1 is 1.39 bits per heavy atom. The number of nitrogens with two attached hydrogens (primary N) is 1. The van der Waals surface area contributed by atoms with Gasteiger partial charge in [-0.05, 0) is 31.6 Å². The molecule has 0 radical (unpaired) electrons. The highest BCUT2D eigenvalue weighted by molar-refractivity contribution is 5.34. The van der Waals surface area contributed by atoms with Crippen molar-refractivity contribution in [3.05, 3.63) is 22.2 Å². The van der Waals surface area contributed by atoms with E-state index in [0.717, 1.165) is 31.6 Å². The Morgan fingerprint density at radius 2 is 2.22 bits per heavy atom. The Kier molecular flexibility index (Phi) is 3.07. The van der Waals surface area contributed by atoms with Gasteiger partial charge in [-0.1, -0.05) is 6.42 Å². The third-order valence-electron chi connectivity index (χ3n) is 3.99. The smallest absolute Gasteiger partial charge is 0.252 e. The molecule has 5 nitrogen and oxygen atoms in total. The third-order valence-corrected chi connectivity index (χ3v) is 3.99. The fraction of sp³-hybridized carbons (Fsp3) is 0.692. The Bertz CT molecular complexity index is 480. The number of nitrogens with one attached hydrogen (secondary N) is 2. The monoisotopic (exact) mass is 248 g/mol. The van der Waals surface area contributed by atoms with Gasteiger partial charge in [0, 0.05) is 24.6 Å². The van der Waals surface area contributed by atoms with Crippen LogP contribution in [0.1, 0.15) is 43.8 Å². The van der Waals surface area contributed by atoms with Crippen LogP contribution in [0.25, 0.3) is 0 Å². The van der Waals surface area contributed by atoms with Crippen molar-refractivity contribution in [2.45, 2.75) is 44.1 Å². The van der Waals surface area contributed by atoms with E-state index in [4.69, 9.17) is 5.73 Å². The molecule has 0 amide bonds. The number of rotatable bonds is 4. The molecule has 0 aromatic carbocycles. The Balaban J connectivity index is 1.66. The van der Waals surface area contributed by atoms with Crippen molar-refractivity contribution in [1.29, 1.82) is 0 Å². The predicted molar refractivity (Wildman–Crippen MR) is 70.6 cm³/mol. The third kappa shape index (κ3) is 2.56. The normalized spacial score (nSPS) is 27.4. The van der Waals surface area contributed by atoms with Crippen molar-refractivity contribution >= 4 is 5.82 Å². The van der Waals surface area contributed by atoms with E-state index in [-0.39, 0.29) is 5.56 Å². The molecule has 18 heavy (non-hydrogen) atoms. The lowest BCUT2D eigenvalue weighted by Crippen LogP contribution is -2.30. The molecule has 0 bridgehead atoms. The van der Waals surface area contributed by atoms with Crippen molar-refractivity contribution in [2.75, 3.05) is 11.9 Å². The van der Waals surface area contributed by atoms with Crippen LogP contribution in [0, 0.1) is 5.92 Å². The first-order valence-electron chi connectivity index (χ1n) is 6.83. The lowest BCUT2D eigenvalue weighted by atomic mass is 10.1. The van der Waals surface area contributed by atoms with Crippen molar-refractivity contribution in [3.8, 4) is 0 Å². The minimum atomic E-state index is -0.0647. The van der Waals surface area contributed by atoms with Gasteiger partial charge in [0.15, 0.2) is 0 Å². The molecule has 2 aliphatic rings. The van der Waals surface area contributed by atoms with Gasteiger partial charge in [0.05, 0.1) is 0 Å². The molecule has 1 aromatic rings. The average Bonchev–Trinajstić information content (AvgIpc) is 3.11. The number of nitrogens with zero attached hydrogens (tertiary/aromatic N) is 1. The second kappa shape index (κ2) is 4.72. The minimum absolute atomic E-state index is 0.0647. The molecule has 1 heterocycles. The number of aromatic nitrogens is 2. The van der Waals surface area contributed by atoms with E-state index < -0.39 is 0 Å². The summed E-state index contributed by atoms with van der Waals surface area (Å²) in [6, 6.07) is 1.83. The van der Waals surface area contributed by atoms with E-state index in [9.17, 15) is 4.79 Å². The van der Waals surface area contributed by atoms with E-state index in [1.165, 1.54) is 18.9 Å². The summed E-state index contributed by atoms with van der Waals surface area (Å²) in [6.07, 6.45) is 5.78. The van der Waals surface area contributed by atoms with Crippen LogP contribution in [0.5, 0.6) is 0 Å². The van der Waals surface area contributed by atoms with Crippen LogP contribution >= 0.6 is 0 Å². The van der Waals surface area contributed by atoms with Crippen LogP contribution in [-0.4, -0.2) is 22.6 Å². The molecule has 2 fully saturated rings. The van der Waals surface area contributed by atoms with Gasteiger partial charge in [0.2, 0.25) is 0 Å². The highest BCUT2D eigenvalue weighted by Gasteiger charge is 2.27. The zero-order valence-electron chi connectivity index (χ0n) is 10.5. The van der Waals surface area contributed by atoms with Crippen molar-refractivity contribution < 1.29 is 0 Å². The number of aromatic amines is 1. The largest absolute Gasteiger partial charge is 0.370 e. The summed E-state index contributed by atoms with van der Waals surface area (Å²) in [6.45, 7) is 0.821. The molecule has 4 N–H and O–H groups in total. The van der Waals surface area contributed by atoms with E-state index in [1.54, 1.807) is 0 Å². The number of H-pyrrole nitrogens is 1. The van der Waals surface area contributed by atoms with E-state index in [0.29, 0.717) is 23.7 Å². The summed E-state index contributed by atoms with van der Waals surface area (Å²) >= 11 is 0. The second-order valence-electron chi connectivity index (χ2n) is 5.53. The average molecular weight is 248 g/mol. The summed E-state index contributed by atoms with van der Waals surface area (Å²) < 4.78 is 0. The molecule has 1 aromatic heterocycles. The SMILES string of the molecule is NC1CCCC1CNc1cc(=O)[nH]c(C2CC2)n1. The summed E-state index contributed by atoms with van der Waals surface area (Å²) in [5, 5.41) is 3.27. The number of hydrogen-bond acceptors (Lipinski definition) is 4. The summed E-state index contributed by atoms with van der Waals surface area (Å²) in [5.41, 5.74) is 5.97. The molecule has 0 aliphatic heterocycles. The van der Waals surface area contributed by atoms with E-state index >= 15 is 0 Å². The van der Waals surface area contributed by atoms with Gasteiger partial charge in [-0.3, -0.25) is 4.79 Å². The van der Waals surface area contributed by atoms with E-state index in [1.807, 2.05) is 0 Å². The fourth-order valence-electron chi connectivity index (χ4n) is 2.67. The zero-order chi connectivity index (χ0) is 12.5. The van der Waals surface area contributed by atoms with Gasteiger partial charge in [0.1, 0.15) is 11.6 Å². The highest BCUT2D eigenvalue weighted by atomic mass is 16.1. The van der Waals surface area contributed by atoms with Crippen LogP contribution in [0.3, 0.4) is 0 Å². The minimum Gasteiger partial charge on any atom is -0.370 e. The molecule has 5 heteroatoms. The Labute approximate surface area is 106 Å². The predicted octanol–water partition coefficient (Wildman–Crippen LogP) is 1.19. The van der Waals surface area contributed by atoms with Crippen LogP contribution in [-0.2, 0) is 0 Å². The molecule has 2 atom stereocenters. The maximum atomic E-state index is 11.5. The molecule has 0 spiro atoms. The first kappa shape index (κ1) is 11.7. The number of hydrogen-bond donors (Lipinski definition) is 3. The van der Waals surface area contributed by atoms with Gasteiger partial charge in [-0.25, -0.2) is 4.98 Å². The first-order chi connectivity index (χ1) is 8.72. The summed E-state index contributed by atoms with van der Waals surface area (Å²) in [5.74, 6) is 2.50. The molecule has 98 valence electrons. The maximum Gasteiger partial charge on any atom is 0.252 e. The van der Waals surface area contributed by atoms with Crippen LogP contribution in [0.4, 0.5) is 5.82 Å². The lowest BCUT2D eigenvalue weighted by Gasteiger charge is -2.16. The van der Waals surface area contributed by atoms with Gasteiger partial charge < -0.3 is 16.0 Å². The van der Waals surface area contributed by atoms with Gasteiger partial charge in [-0.15, -0.1) is 0 Å². The Hall–Kier alpha value is -1.36. The molecule has 2 aliphatic carbocycles. The van der Waals surface area contributed by atoms with Crippen molar-refractivity contribution in [2.24, 2.45) is 11.7 Å². The zero-order valence-corrected chi connectivity index (χ0v) is 10.5. The standard InChI is InChI=1S/C13H20N4O/c14-10-3-1-2-9(10)7-15-11-6-12(18)17-13(16-11)8-4-5-8/h6,8-10H,1-5,7,14H2,(H2,15,16,17,18). The molecule has 3 rings (SSSR count).